The lowest BCUT2D eigenvalue weighted by molar-refractivity contribution is -0.144. The number of rotatable bonds is 1. The third-order valence-corrected chi connectivity index (χ3v) is 2.08. The minimum Gasteiger partial charge on any atom is -0.478 e. The molecular formula is C10H5F3N2O2. The molecule has 0 aliphatic carbocycles. The van der Waals surface area contributed by atoms with Crippen LogP contribution in [0.25, 0.3) is 10.9 Å². The van der Waals surface area contributed by atoms with Gasteiger partial charge in [0.2, 0.25) is 5.82 Å². The Morgan fingerprint density at radius 3 is 2.59 bits per heavy atom. The Hall–Kier alpha value is -2.18. The Bertz CT molecular complexity index is 596. The molecule has 0 unspecified atom stereocenters. The third-order valence-electron chi connectivity index (χ3n) is 2.08. The van der Waals surface area contributed by atoms with E-state index in [2.05, 4.69) is 9.97 Å². The molecule has 7 heteroatoms. The van der Waals surface area contributed by atoms with Crippen LogP contribution in [0.1, 0.15) is 16.2 Å². The fourth-order valence-electron chi connectivity index (χ4n) is 1.30. The van der Waals surface area contributed by atoms with Gasteiger partial charge in [0.25, 0.3) is 0 Å². The lowest BCUT2D eigenvalue weighted by Gasteiger charge is -2.05. The highest BCUT2D eigenvalue weighted by molar-refractivity contribution is 5.92. The monoisotopic (exact) mass is 242 g/mol. The fraction of sp³-hybridized carbons (Fsp3) is 0.100. The molecule has 1 aromatic carbocycles. The zero-order chi connectivity index (χ0) is 12.6. The van der Waals surface area contributed by atoms with E-state index in [0.29, 0.717) is 0 Å². The van der Waals surface area contributed by atoms with Crippen molar-refractivity contribution in [3.8, 4) is 0 Å². The van der Waals surface area contributed by atoms with Crippen molar-refractivity contribution in [3.63, 3.8) is 0 Å². The first-order valence-corrected chi connectivity index (χ1v) is 4.45. The summed E-state index contributed by atoms with van der Waals surface area (Å²) in [5, 5.41) is 8.96. The number of aromatic nitrogens is 2. The summed E-state index contributed by atoms with van der Waals surface area (Å²) in [7, 11) is 0. The molecule has 1 N–H and O–H groups in total. The summed E-state index contributed by atoms with van der Waals surface area (Å²) in [4.78, 5) is 17.1. The van der Waals surface area contributed by atoms with Gasteiger partial charge in [-0.05, 0) is 18.2 Å². The molecular weight excluding hydrogens is 237 g/mol. The molecule has 0 fully saturated rings. The van der Waals surface area contributed by atoms with Crippen LogP contribution < -0.4 is 0 Å². The largest absolute Gasteiger partial charge is 0.478 e. The number of halogens is 3. The minimum atomic E-state index is -4.61. The zero-order valence-electron chi connectivity index (χ0n) is 8.19. The Balaban J connectivity index is 2.58. The Morgan fingerprint density at radius 1 is 1.29 bits per heavy atom. The van der Waals surface area contributed by atoms with Crippen LogP contribution in [0, 0.1) is 0 Å². The molecule has 17 heavy (non-hydrogen) atoms. The molecule has 4 nitrogen and oxygen atoms in total. The topological polar surface area (TPSA) is 63.1 Å². The second-order valence-corrected chi connectivity index (χ2v) is 3.27. The first-order chi connectivity index (χ1) is 7.88. The third kappa shape index (κ3) is 2.17. The lowest BCUT2D eigenvalue weighted by atomic mass is 10.1. The quantitative estimate of drug-likeness (QED) is 0.833. The predicted molar refractivity (Wildman–Crippen MR) is 51.5 cm³/mol. The molecule has 0 saturated carbocycles. The van der Waals surface area contributed by atoms with E-state index in [0.717, 1.165) is 6.20 Å². The second-order valence-electron chi connectivity index (χ2n) is 3.27. The summed E-state index contributed by atoms with van der Waals surface area (Å²) in [6, 6.07) is 3.63. The summed E-state index contributed by atoms with van der Waals surface area (Å²) in [5.74, 6) is -2.40. The van der Waals surface area contributed by atoms with Crippen LogP contribution in [-0.2, 0) is 6.18 Å². The number of aromatic carboxylic acids is 1. The Kier molecular flexibility index (Phi) is 2.45. The van der Waals surface area contributed by atoms with E-state index in [1.54, 1.807) is 0 Å². The van der Waals surface area contributed by atoms with E-state index in [9.17, 15) is 18.0 Å². The highest BCUT2D eigenvalue weighted by Crippen LogP contribution is 2.27. The van der Waals surface area contributed by atoms with Gasteiger partial charge < -0.3 is 5.11 Å². The van der Waals surface area contributed by atoms with Crippen molar-refractivity contribution in [2.45, 2.75) is 6.18 Å². The Morgan fingerprint density at radius 2 is 2.00 bits per heavy atom. The number of carboxylic acid groups (broad SMARTS) is 1. The molecule has 88 valence electrons. The van der Waals surface area contributed by atoms with Gasteiger partial charge in [-0.1, -0.05) is 0 Å². The molecule has 2 aromatic rings. The van der Waals surface area contributed by atoms with Gasteiger partial charge in [-0.15, -0.1) is 0 Å². The number of carboxylic acids is 1. The van der Waals surface area contributed by atoms with Crippen molar-refractivity contribution in [1.82, 2.24) is 9.97 Å². The summed E-state index contributed by atoms with van der Waals surface area (Å²) >= 11 is 0. The molecule has 2 rings (SSSR count). The van der Waals surface area contributed by atoms with Gasteiger partial charge >= 0.3 is 12.1 Å². The van der Waals surface area contributed by atoms with Crippen molar-refractivity contribution in [2.24, 2.45) is 0 Å². The average Bonchev–Trinajstić information content (AvgIpc) is 2.26. The zero-order valence-corrected chi connectivity index (χ0v) is 8.19. The maximum absolute atomic E-state index is 12.3. The molecule has 0 bridgehead atoms. The van der Waals surface area contributed by atoms with E-state index < -0.39 is 18.0 Å². The SMILES string of the molecule is O=C(O)c1ccc2nc(C(F)(F)F)ncc2c1. The van der Waals surface area contributed by atoms with Crippen molar-refractivity contribution in [2.75, 3.05) is 0 Å². The Labute approximate surface area is 92.7 Å². The number of hydrogen-bond donors (Lipinski definition) is 1. The maximum Gasteiger partial charge on any atom is 0.451 e. The molecule has 0 amide bonds. The number of nitrogens with zero attached hydrogens (tertiary/aromatic N) is 2. The van der Waals surface area contributed by atoms with Gasteiger partial charge in [-0.25, -0.2) is 14.8 Å². The predicted octanol–water partition coefficient (Wildman–Crippen LogP) is 2.35. The lowest BCUT2D eigenvalue weighted by Crippen LogP contribution is -2.10. The highest BCUT2D eigenvalue weighted by atomic mass is 19.4. The number of fused-ring (bicyclic) bond motifs is 1. The molecule has 1 heterocycles. The molecule has 1 aromatic heterocycles. The van der Waals surface area contributed by atoms with E-state index >= 15 is 0 Å². The van der Waals surface area contributed by atoms with Crippen LogP contribution in [0.5, 0.6) is 0 Å². The molecule has 0 aliphatic heterocycles. The van der Waals surface area contributed by atoms with Crippen LogP contribution in [0.15, 0.2) is 24.4 Å². The molecule has 0 saturated heterocycles. The van der Waals surface area contributed by atoms with Gasteiger partial charge in [0, 0.05) is 11.6 Å². The van der Waals surface area contributed by atoms with Gasteiger partial charge in [0.1, 0.15) is 0 Å². The standard InChI is InChI=1S/C10H5F3N2O2/c11-10(12,13)9-14-4-6-3-5(8(16)17)1-2-7(6)15-9/h1-4H,(H,16,17). The van der Waals surface area contributed by atoms with Crippen molar-refractivity contribution < 1.29 is 23.1 Å². The van der Waals surface area contributed by atoms with Crippen LogP contribution in [0.2, 0.25) is 0 Å². The maximum atomic E-state index is 12.3. The molecule has 0 spiro atoms. The number of alkyl halides is 3. The normalized spacial score (nSPS) is 11.7. The van der Waals surface area contributed by atoms with Crippen LogP contribution in [-0.4, -0.2) is 21.0 Å². The second kappa shape index (κ2) is 3.69. The first-order valence-electron chi connectivity index (χ1n) is 4.45. The van der Waals surface area contributed by atoms with Crippen molar-refractivity contribution >= 4 is 16.9 Å². The van der Waals surface area contributed by atoms with E-state index in [4.69, 9.17) is 5.11 Å². The van der Waals surface area contributed by atoms with Crippen LogP contribution >= 0.6 is 0 Å². The smallest absolute Gasteiger partial charge is 0.451 e. The summed E-state index contributed by atoms with van der Waals surface area (Å²) in [6.45, 7) is 0. The summed E-state index contributed by atoms with van der Waals surface area (Å²) in [5.41, 5.74) is 0.0261. The van der Waals surface area contributed by atoms with E-state index in [1.165, 1.54) is 18.2 Å². The number of benzene rings is 1. The van der Waals surface area contributed by atoms with Gasteiger partial charge in [0.05, 0.1) is 11.1 Å². The minimum absolute atomic E-state index is 0.0270. The first kappa shape index (κ1) is 11.3. The van der Waals surface area contributed by atoms with Gasteiger partial charge in [0.15, 0.2) is 0 Å². The van der Waals surface area contributed by atoms with Gasteiger partial charge in [-0.3, -0.25) is 0 Å². The number of carbonyl (C=O) groups is 1. The van der Waals surface area contributed by atoms with Crippen LogP contribution in [0.3, 0.4) is 0 Å². The van der Waals surface area contributed by atoms with E-state index in [-0.39, 0.29) is 16.5 Å². The van der Waals surface area contributed by atoms with Crippen LogP contribution in [0.4, 0.5) is 13.2 Å². The molecule has 0 radical (unpaired) electrons. The fourth-order valence-corrected chi connectivity index (χ4v) is 1.30. The van der Waals surface area contributed by atoms with Crippen molar-refractivity contribution in [3.05, 3.63) is 35.8 Å². The van der Waals surface area contributed by atoms with Gasteiger partial charge in [-0.2, -0.15) is 13.2 Å². The molecule has 0 atom stereocenters. The summed E-state index contributed by atoms with van der Waals surface area (Å²) in [6.07, 6.45) is -3.66. The number of hydrogen-bond acceptors (Lipinski definition) is 3. The summed E-state index contributed by atoms with van der Waals surface area (Å²) < 4.78 is 36.9. The average molecular weight is 242 g/mol. The molecule has 0 aliphatic rings. The van der Waals surface area contributed by atoms with Crippen molar-refractivity contribution in [1.29, 1.82) is 0 Å². The van der Waals surface area contributed by atoms with E-state index in [1.807, 2.05) is 0 Å². The highest BCUT2D eigenvalue weighted by Gasteiger charge is 2.34.